The monoisotopic (exact) mass is 283 g/mol. The Kier molecular flexibility index (Phi) is 4.07. The van der Waals surface area contributed by atoms with Crippen molar-refractivity contribution in [3.63, 3.8) is 0 Å². The molecule has 1 aromatic heterocycles. The van der Waals surface area contributed by atoms with E-state index in [1.807, 2.05) is 18.2 Å². The standard InChI is InChI=1S/C15H17N5O/c21-15(19-9-11-7-17-8-11)12-2-1-3-13(6-12)20-14-10-16-4-5-18-14/h1-6,10-11,17H,7-9H2,(H,18,20)(H,19,21). The van der Waals surface area contributed by atoms with E-state index in [4.69, 9.17) is 0 Å². The first-order chi connectivity index (χ1) is 10.3. The first-order valence-corrected chi connectivity index (χ1v) is 6.93. The molecule has 0 atom stereocenters. The average Bonchev–Trinajstić information content (AvgIpc) is 2.47. The van der Waals surface area contributed by atoms with Crippen LogP contribution in [0.3, 0.4) is 0 Å². The number of aromatic nitrogens is 2. The lowest BCUT2D eigenvalue weighted by Crippen LogP contribution is -2.48. The van der Waals surface area contributed by atoms with Gasteiger partial charge in [0.1, 0.15) is 5.82 Å². The molecular weight excluding hydrogens is 266 g/mol. The smallest absolute Gasteiger partial charge is 0.251 e. The number of carbonyl (C=O) groups is 1. The predicted octanol–water partition coefficient (Wildman–Crippen LogP) is 1.17. The second-order valence-corrected chi connectivity index (χ2v) is 5.03. The number of benzene rings is 1. The first kappa shape index (κ1) is 13.5. The number of hydrogen-bond donors (Lipinski definition) is 3. The Bertz CT molecular complexity index is 612. The van der Waals surface area contributed by atoms with E-state index >= 15 is 0 Å². The van der Waals surface area contributed by atoms with Gasteiger partial charge in [0.15, 0.2) is 0 Å². The molecule has 0 bridgehead atoms. The predicted molar refractivity (Wildman–Crippen MR) is 80.4 cm³/mol. The Morgan fingerprint density at radius 2 is 2.24 bits per heavy atom. The number of amides is 1. The van der Waals surface area contributed by atoms with Crippen LogP contribution in [0.1, 0.15) is 10.4 Å². The van der Waals surface area contributed by atoms with Crippen molar-refractivity contribution < 1.29 is 4.79 Å². The summed E-state index contributed by atoms with van der Waals surface area (Å²) in [6, 6.07) is 7.35. The zero-order valence-electron chi connectivity index (χ0n) is 11.5. The van der Waals surface area contributed by atoms with Gasteiger partial charge >= 0.3 is 0 Å². The molecule has 2 heterocycles. The lowest BCUT2D eigenvalue weighted by Gasteiger charge is -2.27. The molecule has 0 radical (unpaired) electrons. The van der Waals surface area contributed by atoms with E-state index in [0.29, 0.717) is 23.8 Å². The molecule has 1 fully saturated rings. The highest BCUT2D eigenvalue weighted by Crippen LogP contribution is 2.15. The van der Waals surface area contributed by atoms with Gasteiger partial charge in [-0.15, -0.1) is 0 Å². The van der Waals surface area contributed by atoms with Crippen molar-refractivity contribution >= 4 is 17.4 Å². The van der Waals surface area contributed by atoms with Crippen molar-refractivity contribution in [1.29, 1.82) is 0 Å². The number of rotatable bonds is 5. The van der Waals surface area contributed by atoms with E-state index in [1.165, 1.54) is 0 Å². The summed E-state index contributed by atoms with van der Waals surface area (Å²) in [6.45, 7) is 2.68. The molecule has 0 unspecified atom stereocenters. The Morgan fingerprint density at radius 3 is 2.95 bits per heavy atom. The lowest BCUT2D eigenvalue weighted by atomic mass is 10.0. The minimum absolute atomic E-state index is 0.0512. The van der Waals surface area contributed by atoms with Crippen LogP contribution in [-0.4, -0.2) is 35.5 Å². The van der Waals surface area contributed by atoms with Crippen molar-refractivity contribution in [1.82, 2.24) is 20.6 Å². The first-order valence-electron chi connectivity index (χ1n) is 6.93. The van der Waals surface area contributed by atoms with Crippen molar-refractivity contribution in [2.45, 2.75) is 0 Å². The Morgan fingerprint density at radius 1 is 1.33 bits per heavy atom. The highest BCUT2D eigenvalue weighted by atomic mass is 16.1. The van der Waals surface area contributed by atoms with Crippen molar-refractivity contribution in [2.24, 2.45) is 5.92 Å². The molecule has 6 heteroatoms. The summed E-state index contributed by atoms with van der Waals surface area (Å²) >= 11 is 0. The molecule has 3 N–H and O–H groups in total. The van der Waals surface area contributed by atoms with Crippen molar-refractivity contribution in [2.75, 3.05) is 25.0 Å². The summed E-state index contributed by atoms with van der Waals surface area (Å²) < 4.78 is 0. The SMILES string of the molecule is O=C(NCC1CNC1)c1cccc(Nc2cnccn2)c1. The van der Waals surface area contributed by atoms with Crippen LogP contribution in [0.2, 0.25) is 0 Å². The van der Waals surface area contributed by atoms with Crippen LogP contribution in [0.5, 0.6) is 0 Å². The number of anilines is 2. The summed E-state index contributed by atoms with van der Waals surface area (Å²) in [4.78, 5) is 20.2. The van der Waals surface area contributed by atoms with Gasteiger partial charge in [0.05, 0.1) is 6.20 Å². The number of nitrogens with one attached hydrogen (secondary N) is 3. The van der Waals surface area contributed by atoms with E-state index in [9.17, 15) is 4.79 Å². The fourth-order valence-electron chi connectivity index (χ4n) is 2.08. The van der Waals surface area contributed by atoms with Gasteiger partial charge in [-0.3, -0.25) is 9.78 Å². The van der Waals surface area contributed by atoms with Crippen LogP contribution in [0.15, 0.2) is 42.9 Å². The number of nitrogens with zero attached hydrogens (tertiary/aromatic N) is 2. The van der Waals surface area contributed by atoms with E-state index in [-0.39, 0.29) is 5.91 Å². The van der Waals surface area contributed by atoms with Crippen molar-refractivity contribution in [3.05, 3.63) is 48.4 Å². The molecule has 1 aliphatic heterocycles. The van der Waals surface area contributed by atoms with Gasteiger partial charge in [-0.1, -0.05) is 6.07 Å². The van der Waals surface area contributed by atoms with Crippen LogP contribution in [-0.2, 0) is 0 Å². The van der Waals surface area contributed by atoms with Crippen LogP contribution in [0, 0.1) is 5.92 Å². The lowest BCUT2D eigenvalue weighted by molar-refractivity contribution is 0.0942. The molecular formula is C15H17N5O. The zero-order chi connectivity index (χ0) is 14.5. The Hall–Kier alpha value is -2.47. The molecule has 108 valence electrons. The molecule has 0 spiro atoms. The topological polar surface area (TPSA) is 78.9 Å². The summed E-state index contributed by atoms with van der Waals surface area (Å²) in [5.74, 6) is 1.15. The zero-order valence-corrected chi connectivity index (χ0v) is 11.5. The van der Waals surface area contributed by atoms with E-state index < -0.39 is 0 Å². The maximum atomic E-state index is 12.1. The minimum Gasteiger partial charge on any atom is -0.352 e. The second-order valence-electron chi connectivity index (χ2n) is 5.03. The maximum Gasteiger partial charge on any atom is 0.251 e. The van der Waals surface area contributed by atoms with E-state index in [1.54, 1.807) is 24.7 Å². The molecule has 1 amide bonds. The van der Waals surface area contributed by atoms with Gasteiger partial charge in [-0.25, -0.2) is 4.98 Å². The van der Waals surface area contributed by atoms with Crippen molar-refractivity contribution in [3.8, 4) is 0 Å². The quantitative estimate of drug-likeness (QED) is 0.767. The third-order valence-corrected chi connectivity index (χ3v) is 3.38. The van der Waals surface area contributed by atoms with Gasteiger partial charge < -0.3 is 16.0 Å². The molecule has 21 heavy (non-hydrogen) atoms. The van der Waals surface area contributed by atoms with Crippen LogP contribution >= 0.6 is 0 Å². The normalized spacial score (nSPS) is 14.3. The van der Waals surface area contributed by atoms with E-state index in [0.717, 1.165) is 18.8 Å². The minimum atomic E-state index is -0.0512. The summed E-state index contributed by atoms with van der Waals surface area (Å²) in [5, 5.41) is 9.27. The summed E-state index contributed by atoms with van der Waals surface area (Å²) in [6.07, 6.45) is 4.87. The Balaban J connectivity index is 1.63. The molecule has 0 aliphatic carbocycles. The molecule has 1 aliphatic rings. The van der Waals surface area contributed by atoms with Gasteiger partial charge in [0.25, 0.3) is 5.91 Å². The molecule has 2 aromatic rings. The largest absolute Gasteiger partial charge is 0.352 e. The molecule has 1 aromatic carbocycles. The molecule has 1 saturated heterocycles. The average molecular weight is 283 g/mol. The second kappa shape index (κ2) is 6.32. The van der Waals surface area contributed by atoms with Crippen LogP contribution < -0.4 is 16.0 Å². The highest BCUT2D eigenvalue weighted by molar-refractivity contribution is 5.95. The van der Waals surface area contributed by atoms with Gasteiger partial charge in [0, 0.05) is 49.2 Å². The summed E-state index contributed by atoms with van der Waals surface area (Å²) in [7, 11) is 0. The fraction of sp³-hybridized carbons (Fsp3) is 0.267. The maximum absolute atomic E-state index is 12.1. The highest BCUT2D eigenvalue weighted by Gasteiger charge is 2.17. The third kappa shape index (κ3) is 3.55. The fourth-order valence-corrected chi connectivity index (χ4v) is 2.08. The Labute approximate surface area is 123 Å². The number of carbonyl (C=O) groups excluding carboxylic acids is 1. The molecule has 0 saturated carbocycles. The van der Waals surface area contributed by atoms with Gasteiger partial charge in [0.2, 0.25) is 0 Å². The van der Waals surface area contributed by atoms with Gasteiger partial charge in [-0.05, 0) is 18.2 Å². The molecule has 6 nitrogen and oxygen atoms in total. The summed E-state index contributed by atoms with van der Waals surface area (Å²) in [5.41, 5.74) is 1.45. The van der Waals surface area contributed by atoms with Gasteiger partial charge in [-0.2, -0.15) is 0 Å². The molecule has 3 rings (SSSR count). The number of hydrogen-bond acceptors (Lipinski definition) is 5. The third-order valence-electron chi connectivity index (χ3n) is 3.38. The van der Waals surface area contributed by atoms with Crippen LogP contribution in [0.25, 0.3) is 0 Å². The van der Waals surface area contributed by atoms with E-state index in [2.05, 4.69) is 25.9 Å². The van der Waals surface area contributed by atoms with Crippen LogP contribution in [0.4, 0.5) is 11.5 Å².